The summed E-state index contributed by atoms with van der Waals surface area (Å²) in [6.07, 6.45) is 1.64. The molecule has 0 radical (unpaired) electrons. The molecule has 0 atom stereocenters. The van der Waals surface area contributed by atoms with Gasteiger partial charge in [0.05, 0.1) is 12.8 Å². The molecule has 1 rings (SSSR count). The molecule has 0 aliphatic rings. The number of pyridine rings is 1. The minimum absolute atomic E-state index is 0.506. The van der Waals surface area contributed by atoms with Gasteiger partial charge >= 0.3 is 0 Å². The molecule has 0 fully saturated rings. The van der Waals surface area contributed by atoms with Crippen molar-refractivity contribution in [2.24, 2.45) is 0 Å². The standard InChI is InChI=1S/C8H10ClNO.C2H6/c1-3-11-7-5-10-8(9)4-6(7)2;1-2/h4-5H,3H2,1-2H3;1-2H3. The fourth-order valence-electron chi connectivity index (χ4n) is 0.816. The highest BCUT2D eigenvalue weighted by Gasteiger charge is 1.98. The lowest BCUT2D eigenvalue weighted by Gasteiger charge is -2.04. The highest BCUT2D eigenvalue weighted by atomic mass is 35.5. The highest BCUT2D eigenvalue weighted by Crippen LogP contribution is 2.18. The maximum atomic E-state index is 5.65. The van der Waals surface area contributed by atoms with Crippen LogP contribution in [0.4, 0.5) is 0 Å². The minimum atomic E-state index is 0.506. The van der Waals surface area contributed by atoms with Gasteiger partial charge in [0.25, 0.3) is 0 Å². The van der Waals surface area contributed by atoms with Crippen LogP contribution >= 0.6 is 11.6 Å². The zero-order valence-electron chi connectivity index (χ0n) is 8.60. The summed E-state index contributed by atoms with van der Waals surface area (Å²) in [6, 6.07) is 1.78. The van der Waals surface area contributed by atoms with Crippen molar-refractivity contribution in [2.75, 3.05) is 6.61 Å². The first-order valence-corrected chi connectivity index (χ1v) is 4.86. The Morgan fingerprint density at radius 2 is 2.08 bits per heavy atom. The van der Waals surface area contributed by atoms with Gasteiger partial charge in [-0.2, -0.15) is 0 Å². The van der Waals surface area contributed by atoms with Gasteiger partial charge in [-0.25, -0.2) is 4.98 Å². The Bertz CT molecular complexity index is 251. The van der Waals surface area contributed by atoms with Crippen LogP contribution in [-0.2, 0) is 0 Å². The van der Waals surface area contributed by atoms with Crippen molar-refractivity contribution in [3.63, 3.8) is 0 Å². The van der Waals surface area contributed by atoms with E-state index in [-0.39, 0.29) is 0 Å². The molecule has 0 aliphatic carbocycles. The molecule has 1 heterocycles. The van der Waals surface area contributed by atoms with Crippen LogP contribution in [0.1, 0.15) is 26.3 Å². The zero-order chi connectivity index (χ0) is 10.3. The summed E-state index contributed by atoms with van der Waals surface area (Å²) >= 11 is 5.65. The molecule has 0 spiro atoms. The van der Waals surface area contributed by atoms with Gasteiger partial charge < -0.3 is 4.74 Å². The van der Waals surface area contributed by atoms with Crippen LogP contribution < -0.4 is 4.74 Å². The molecule has 0 N–H and O–H groups in total. The molecule has 0 unspecified atom stereocenters. The lowest BCUT2D eigenvalue weighted by molar-refractivity contribution is 0.336. The van der Waals surface area contributed by atoms with Crippen LogP contribution in [-0.4, -0.2) is 11.6 Å². The largest absolute Gasteiger partial charge is 0.492 e. The van der Waals surface area contributed by atoms with Crippen LogP contribution in [0.15, 0.2) is 12.3 Å². The van der Waals surface area contributed by atoms with E-state index >= 15 is 0 Å². The van der Waals surface area contributed by atoms with Gasteiger partial charge in [0.2, 0.25) is 0 Å². The third-order valence-electron chi connectivity index (χ3n) is 1.33. The first-order chi connectivity index (χ1) is 6.24. The molecule has 0 saturated carbocycles. The van der Waals surface area contributed by atoms with E-state index in [1.165, 1.54) is 0 Å². The summed E-state index contributed by atoms with van der Waals surface area (Å²) in [4.78, 5) is 3.90. The minimum Gasteiger partial charge on any atom is -0.492 e. The van der Waals surface area contributed by atoms with Gasteiger partial charge in [0.1, 0.15) is 10.9 Å². The van der Waals surface area contributed by atoms with Gasteiger partial charge in [-0.1, -0.05) is 25.4 Å². The Balaban J connectivity index is 0.000000671. The number of ether oxygens (including phenoxy) is 1. The summed E-state index contributed by atoms with van der Waals surface area (Å²) in [7, 11) is 0. The Morgan fingerprint density at radius 1 is 1.46 bits per heavy atom. The monoisotopic (exact) mass is 201 g/mol. The number of hydrogen-bond donors (Lipinski definition) is 0. The fraction of sp³-hybridized carbons (Fsp3) is 0.500. The van der Waals surface area contributed by atoms with Crippen molar-refractivity contribution in [1.29, 1.82) is 0 Å². The summed E-state index contributed by atoms with van der Waals surface area (Å²) in [6.45, 7) is 8.54. The van der Waals surface area contributed by atoms with Crippen molar-refractivity contribution < 1.29 is 4.74 Å². The van der Waals surface area contributed by atoms with Crippen molar-refractivity contribution in [3.8, 4) is 5.75 Å². The molecule has 1 aromatic heterocycles. The number of hydrogen-bond acceptors (Lipinski definition) is 2. The number of nitrogens with zero attached hydrogens (tertiary/aromatic N) is 1. The average Bonchev–Trinajstić information content (AvgIpc) is 2.14. The second-order valence-corrected chi connectivity index (χ2v) is 2.59. The van der Waals surface area contributed by atoms with Crippen LogP contribution in [0.25, 0.3) is 0 Å². The van der Waals surface area contributed by atoms with Crippen molar-refractivity contribution >= 4 is 11.6 Å². The number of rotatable bonds is 2. The third-order valence-corrected chi connectivity index (χ3v) is 1.54. The molecule has 0 saturated heterocycles. The highest BCUT2D eigenvalue weighted by molar-refractivity contribution is 6.29. The average molecular weight is 202 g/mol. The van der Waals surface area contributed by atoms with Crippen molar-refractivity contribution in [1.82, 2.24) is 4.98 Å². The summed E-state index contributed by atoms with van der Waals surface area (Å²) in [5.74, 6) is 0.803. The zero-order valence-corrected chi connectivity index (χ0v) is 9.35. The number of halogens is 1. The van der Waals surface area contributed by atoms with E-state index in [4.69, 9.17) is 16.3 Å². The van der Waals surface area contributed by atoms with Crippen LogP contribution in [0.5, 0.6) is 5.75 Å². The lowest BCUT2D eigenvalue weighted by Crippen LogP contribution is -1.94. The summed E-state index contributed by atoms with van der Waals surface area (Å²) in [5, 5.41) is 0.506. The predicted molar refractivity (Wildman–Crippen MR) is 56.5 cm³/mol. The second kappa shape index (κ2) is 6.72. The Labute approximate surface area is 84.9 Å². The first kappa shape index (κ1) is 12.2. The lowest BCUT2D eigenvalue weighted by atomic mass is 10.3. The summed E-state index contributed by atoms with van der Waals surface area (Å²) < 4.78 is 5.27. The van der Waals surface area contributed by atoms with E-state index in [1.807, 2.05) is 27.7 Å². The van der Waals surface area contributed by atoms with Gasteiger partial charge in [0, 0.05) is 0 Å². The summed E-state index contributed by atoms with van der Waals surface area (Å²) in [5.41, 5.74) is 1.02. The van der Waals surface area contributed by atoms with Gasteiger partial charge in [-0.3, -0.25) is 0 Å². The SMILES string of the molecule is CC.CCOc1cnc(Cl)cc1C. The van der Waals surface area contributed by atoms with E-state index in [0.29, 0.717) is 11.8 Å². The maximum absolute atomic E-state index is 5.65. The molecule has 3 heteroatoms. The van der Waals surface area contributed by atoms with Gasteiger partial charge in [-0.05, 0) is 25.5 Å². The topological polar surface area (TPSA) is 22.1 Å². The fourth-order valence-corrected chi connectivity index (χ4v) is 1.03. The van der Waals surface area contributed by atoms with E-state index in [1.54, 1.807) is 12.3 Å². The molecular formula is C10H16ClNO. The number of aryl methyl sites for hydroxylation is 1. The molecule has 1 aromatic rings. The maximum Gasteiger partial charge on any atom is 0.140 e. The van der Waals surface area contributed by atoms with E-state index in [9.17, 15) is 0 Å². The van der Waals surface area contributed by atoms with Crippen molar-refractivity contribution in [2.45, 2.75) is 27.7 Å². The molecular weight excluding hydrogens is 186 g/mol. The Hall–Kier alpha value is -0.760. The van der Waals surface area contributed by atoms with Gasteiger partial charge in [-0.15, -0.1) is 0 Å². The quantitative estimate of drug-likeness (QED) is 0.684. The molecule has 0 aliphatic heterocycles. The van der Waals surface area contributed by atoms with E-state index < -0.39 is 0 Å². The molecule has 0 bridgehead atoms. The van der Waals surface area contributed by atoms with Crippen molar-refractivity contribution in [3.05, 3.63) is 23.0 Å². The Kier molecular flexibility index (Phi) is 6.33. The molecule has 0 amide bonds. The van der Waals surface area contributed by atoms with E-state index in [2.05, 4.69) is 4.98 Å². The first-order valence-electron chi connectivity index (χ1n) is 4.49. The predicted octanol–water partition coefficient (Wildman–Crippen LogP) is 3.47. The molecule has 2 nitrogen and oxygen atoms in total. The number of aromatic nitrogens is 1. The Morgan fingerprint density at radius 3 is 2.54 bits per heavy atom. The van der Waals surface area contributed by atoms with Crippen LogP contribution in [0.2, 0.25) is 5.15 Å². The third kappa shape index (κ3) is 4.13. The van der Waals surface area contributed by atoms with Crippen LogP contribution in [0.3, 0.4) is 0 Å². The molecule has 74 valence electrons. The van der Waals surface area contributed by atoms with Gasteiger partial charge in [0.15, 0.2) is 0 Å². The smallest absolute Gasteiger partial charge is 0.140 e. The van der Waals surface area contributed by atoms with Crippen LogP contribution in [0, 0.1) is 6.92 Å². The van der Waals surface area contributed by atoms with E-state index in [0.717, 1.165) is 11.3 Å². The normalized spacial score (nSPS) is 8.69. The second-order valence-electron chi connectivity index (χ2n) is 2.21. The molecule has 0 aromatic carbocycles. The molecule has 13 heavy (non-hydrogen) atoms.